The van der Waals surface area contributed by atoms with Crippen LogP contribution in [-0.2, 0) is 4.79 Å². The third-order valence-corrected chi connectivity index (χ3v) is 5.57. The topological polar surface area (TPSA) is 98.7 Å². The summed E-state index contributed by atoms with van der Waals surface area (Å²) in [6.07, 6.45) is 2.64. The molecule has 2 aromatic carbocycles. The average molecular weight is 456 g/mol. The molecule has 0 unspecified atom stereocenters. The van der Waals surface area contributed by atoms with Crippen molar-refractivity contribution in [1.82, 2.24) is 10.3 Å². The van der Waals surface area contributed by atoms with Crippen LogP contribution in [0.1, 0.15) is 28.8 Å². The maximum absolute atomic E-state index is 12.9. The third kappa shape index (κ3) is 5.94. The number of hydrogen-bond acceptors (Lipinski definition) is 7. The van der Waals surface area contributed by atoms with E-state index in [4.69, 9.17) is 18.9 Å². The molecule has 1 aliphatic heterocycles. The Balaban J connectivity index is 1.55. The molecule has 0 aliphatic carbocycles. The Morgan fingerprint density at radius 2 is 1.55 bits per heavy atom. The van der Waals surface area contributed by atoms with Gasteiger partial charge in [0.1, 0.15) is 23.0 Å². The largest absolute Gasteiger partial charge is 0.497 e. The Labute approximate surface area is 193 Å². The minimum atomic E-state index is -0.219. The van der Waals surface area contributed by atoms with Gasteiger partial charge in [0.25, 0.3) is 5.91 Å². The number of methoxy groups -OCH3 is 4. The SMILES string of the molecule is COc1cc(OC)cc(C(=O)N2CCC(C(=O)N/N=C/c3ccc(OC)cc3OC)CC2)c1. The lowest BCUT2D eigenvalue weighted by Crippen LogP contribution is -2.42. The Kier molecular flexibility index (Phi) is 8.12. The summed E-state index contributed by atoms with van der Waals surface area (Å²) in [7, 11) is 6.22. The Morgan fingerprint density at radius 1 is 0.909 bits per heavy atom. The number of benzene rings is 2. The zero-order chi connectivity index (χ0) is 23.8. The summed E-state index contributed by atoms with van der Waals surface area (Å²) in [5.41, 5.74) is 3.80. The van der Waals surface area contributed by atoms with Crippen molar-refractivity contribution in [2.24, 2.45) is 11.0 Å². The van der Waals surface area contributed by atoms with Crippen LogP contribution in [0.25, 0.3) is 0 Å². The second-order valence-corrected chi connectivity index (χ2v) is 7.51. The number of amides is 2. The van der Waals surface area contributed by atoms with Crippen LogP contribution < -0.4 is 24.4 Å². The lowest BCUT2D eigenvalue weighted by atomic mass is 9.95. The lowest BCUT2D eigenvalue weighted by Gasteiger charge is -2.31. The molecule has 1 N–H and O–H groups in total. The van der Waals surface area contributed by atoms with Crippen molar-refractivity contribution in [2.45, 2.75) is 12.8 Å². The molecular formula is C24H29N3O6. The number of rotatable bonds is 8. The minimum absolute atomic E-state index is 0.115. The van der Waals surface area contributed by atoms with Gasteiger partial charge in [-0.1, -0.05) is 0 Å². The van der Waals surface area contributed by atoms with Gasteiger partial charge in [-0.15, -0.1) is 0 Å². The van der Waals surface area contributed by atoms with Crippen LogP contribution in [0.4, 0.5) is 0 Å². The predicted octanol–water partition coefficient (Wildman–Crippen LogP) is 2.72. The number of nitrogens with one attached hydrogen (secondary N) is 1. The van der Waals surface area contributed by atoms with Gasteiger partial charge in [0.2, 0.25) is 5.91 Å². The quantitative estimate of drug-likeness (QED) is 0.486. The molecule has 2 aromatic rings. The number of ether oxygens (including phenoxy) is 4. The first-order valence-electron chi connectivity index (χ1n) is 10.6. The number of carbonyl (C=O) groups is 2. The molecule has 9 nitrogen and oxygen atoms in total. The normalized spacial score (nSPS) is 14.1. The van der Waals surface area contributed by atoms with Crippen molar-refractivity contribution < 1.29 is 28.5 Å². The fourth-order valence-corrected chi connectivity index (χ4v) is 3.64. The molecule has 0 bridgehead atoms. The minimum Gasteiger partial charge on any atom is -0.497 e. The van der Waals surface area contributed by atoms with Gasteiger partial charge >= 0.3 is 0 Å². The van der Waals surface area contributed by atoms with Crippen LogP contribution in [0.3, 0.4) is 0 Å². The number of piperidine rings is 1. The van der Waals surface area contributed by atoms with Crippen molar-refractivity contribution >= 4 is 18.0 Å². The van der Waals surface area contributed by atoms with E-state index in [-0.39, 0.29) is 17.7 Å². The number of hydrogen-bond donors (Lipinski definition) is 1. The highest BCUT2D eigenvalue weighted by molar-refractivity contribution is 5.95. The fourth-order valence-electron chi connectivity index (χ4n) is 3.64. The number of hydrazone groups is 1. The van der Waals surface area contributed by atoms with E-state index in [9.17, 15) is 9.59 Å². The molecule has 0 spiro atoms. The molecule has 33 heavy (non-hydrogen) atoms. The van der Waals surface area contributed by atoms with Crippen LogP contribution in [-0.4, -0.2) is 64.5 Å². The smallest absolute Gasteiger partial charge is 0.254 e. The van der Waals surface area contributed by atoms with Crippen molar-refractivity contribution in [3.63, 3.8) is 0 Å². The molecule has 1 heterocycles. The molecule has 2 amide bonds. The van der Waals surface area contributed by atoms with Crippen LogP contribution in [0.5, 0.6) is 23.0 Å². The van der Waals surface area contributed by atoms with E-state index in [2.05, 4.69) is 10.5 Å². The molecule has 176 valence electrons. The number of nitrogens with zero attached hydrogens (tertiary/aromatic N) is 2. The van der Waals surface area contributed by atoms with E-state index < -0.39 is 0 Å². The van der Waals surface area contributed by atoms with Crippen molar-refractivity contribution in [2.75, 3.05) is 41.5 Å². The van der Waals surface area contributed by atoms with Crippen molar-refractivity contribution in [1.29, 1.82) is 0 Å². The summed E-state index contributed by atoms with van der Waals surface area (Å²) in [5, 5.41) is 4.07. The second-order valence-electron chi connectivity index (χ2n) is 7.51. The van der Waals surface area contributed by atoms with Crippen molar-refractivity contribution in [3.05, 3.63) is 47.5 Å². The van der Waals surface area contributed by atoms with Gasteiger partial charge in [0.15, 0.2) is 0 Å². The second kappa shape index (κ2) is 11.2. The Bertz CT molecular complexity index is 993. The van der Waals surface area contributed by atoms with E-state index in [1.54, 1.807) is 69.7 Å². The maximum Gasteiger partial charge on any atom is 0.254 e. The molecule has 0 aromatic heterocycles. The molecular weight excluding hydrogens is 426 g/mol. The molecule has 0 saturated carbocycles. The molecule has 1 saturated heterocycles. The zero-order valence-corrected chi connectivity index (χ0v) is 19.3. The first-order valence-corrected chi connectivity index (χ1v) is 10.6. The standard InChI is InChI=1S/C24H29N3O6/c1-30-19-6-5-17(22(14-19)33-4)15-25-26-23(28)16-7-9-27(10-8-16)24(29)18-11-20(31-2)13-21(12-18)32-3/h5-6,11-16H,7-10H2,1-4H3,(H,26,28)/b25-15+. The number of likely N-dealkylation sites (tertiary alicyclic amines) is 1. The highest BCUT2D eigenvalue weighted by Crippen LogP contribution is 2.26. The van der Waals surface area contributed by atoms with Gasteiger partial charge in [0.05, 0.1) is 34.7 Å². The number of carbonyl (C=O) groups excluding carboxylic acids is 2. The van der Waals surface area contributed by atoms with E-state index in [1.165, 1.54) is 6.21 Å². The monoisotopic (exact) mass is 455 g/mol. The zero-order valence-electron chi connectivity index (χ0n) is 19.3. The summed E-state index contributed by atoms with van der Waals surface area (Å²) >= 11 is 0. The van der Waals surface area contributed by atoms with Crippen LogP contribution in [0, 0.1) is 5.92 Å². The maximum atomic E-state index is 12.9. The summed E-state index contributed by atoms with van der Waals surface area (Å²) in [6, 6.07) is 10.4. The molecule has 1 aliphatic rings. The third-order valence-electron chi connectivity index (χ3n) is 5.57. The molecule has 3 rings (SSSR count). The summed E-state index contributed by atoms with van der Waals surface area (Å²) in [4.78, 5) is 27.2. The van der Waals surface area contributed by atoms with Gasteiger partial charge < -0.3 is 23.8 Å². The van der Waals surface area contributed by atoms with E-state index >= 15 is 0 Å². The van der Waals surface area contributed by atoms with Gasteiger partial charge in [-0.25, -0.2) is 5.43 Å². The van der Waals surface area contributed by atoms with Crippen LogP contribution in [0.2, 0.25) is 0 Å². The molecule has 0 radical (unpaired) electrons. The molecule has 9 heteroatoms. The van der Waals surface area contributed by atoms with Gasteiger partial charge in [-0.05, 0) is 37.1 Å². The molecule has 1 fully saturated rings. The van der Waals surface area contributed by atoms with E-state index in [1.807, 2.05) is 0 Å². The summed E-state index contributed by atoms with van der Waals surface area (Å²) in [6.45, 7) is 0.957. The first kappa shape index (κ1) is 23.9. The summed E-state index contributed by atoms with van der Waals surface area (Å²) in [5.74, 6) is 1.86. The highest BCUT2D eigenvalue weighted by atomic mass is 16.5. The summed E-state index contributed by atoms with van der Waals surface area (Å²) < 4.78 is 21.0. The highest BCUT2D eigenvalue weighted by Gasteiger charge is 2.28. The molecule has 0 atom stereocenters. The lowest BCUT2D eigenvalue weighted by molar-refractivity contribution is -0.126. The van der Waals surface area contributed by atoms with Gasteiger partial charge in [-0.3, -0.25) is 9.59 Å². The Hall–Kier alpha value is -3.75. The fraction of sp³-hybridized carbons (Fsp3) is 0.375. The van der Waals surface area contributed by atoms with Crippen LogP contribution >= 0.6 is 0 Å². The van der Waals surface area contributed by atoms with Gasteiger partial charge in [0, 0.05) is 42.3 Å². The van der Waals surface area contributed by atoms with E-state index in [0.717, 1.165) is 0 Å². The first-order chi connectivity index (χ1) is 16.0. The van der Waals surface area contributed by atoms with Crippen LogP contribution in [0.15, 0.2) is 41.5 Å². The Morgan fingerprint density at radius 3 is 2.12 bits per heavy atom. The predicted molar refractivity (Wildman–Crippen MR) is 123 cm³/mol. The average Bonchev–Trinajstić information content (AvgIpc) is 2.87. The van der Waals surface area contributed by atoms with E-state index in [0.29, 0.717) is 60.1 Å². The van der Waals surface area contributed by atoms with Crippen molar-refractivity contribution in [3.8, 4) is 23.0 Å². The van der Waals surface area contributed by atoms with Gasteiger partial charge in [-0.2, -0.15) is 5.10 Å².